The number of halogens is 3. The lowest BCUT2D eigenvalue weighted by molar-refractivity contribution is -0.192. The van der Waals surface area contributed by atoms with Gasteiger partial charge in [-0.25, -0.2) is 9.59 Å². The molecule has 3 aliphatic heterocycles. The lowest BCUT2D eigenvalue weighted by Gasteiger charge is -2.60. The number of carboxylic acid groups (broad SMARTS) is 2. The van der Waals surface area contributed by atoms with Gasteiger partial charge in [0.25, 0.3) is 5.91 Å². The maximum Gasteiger partial charge on any atom is 0.490 e. The summed E-state index contributed by atoms with van der Waals surface area (Å²) < 4.78 is 31.7. The van der Waals surface area contributed by atoms with Crippen LogP contribution < -0.4 is 0 Å². The number of aromatic carboxylic acids is 1. The summed E-state index contributed by atoms with van der Waals surface area (Å²) in [4.78, 5) is 52.2. The summed E-state index contributed by atoms with van der Waals surface area (Å²) in [5.74, 6) is -3.99. The molecule has 3 N–H and O–H groups in total. The van der Waals surface area contributed by atoms with Crippen LogP contribution in [-0.2, 0) is 16.0 Å². The Kier molecular flexibility index (Phi) is 8.17. The minimum absolute atomic E-state index is 0.0561. The van der Waals surface area contributed by atoms with Crippen LogP contribution in [0.5, 0.6) is 0 Å². The number of piperazine rings is 1. The van der Waals surface area contributed by atoms with Crippen LogP contribution in [0, 0.1) is 0 Å². The average molecular weight is 564 g/mol. The predicted molar refractivity (Wildman–Crippen MR) is 134 cm³/mol. The molecule has 2 atom stereocenters. The number of carbonyl (C=O) groups is 4. The Bertz CT molecular complexity index is 1280. The Morgan fingerprint density at radius 3 is 2.08 bits per heavy atom. The largest absolute Gasteiger partial charge is 0.490 e. The zero-order chi connectivity index (χ0) is 29.2. The molecular weight excluding hydrogens is 535 g/mol. The number of amides is 2. The van der Waals surface area contributed by atoms with Gasteiger partial charge < -0.3 is 25.1 Å². The number of rotatable bonds is 4. The van der Waals surface area contributed by atoms with Crippen molar-refractivity contribution in [2.75, 3.05) is 32.7 Å². The van der Waals surface area contributed by atoms with Gasteiger partial charge in [-0.05, 0) is 30.2 Å². The third-order valence-electron chi connectivity index (χ3n) is 7.33. The second-order valence-corrected chi connectivity index (χ2v) is 10.2. The van der Waals surface area contributed by atoms with Gasteiger partial charge in [0.05, 0.1) is 23.6 Å². The minimum atomic E-state index is -5.08. The molecule has 3 fully saturated rings. The van der Waals surface area contributed by atoms with Crippen LogP contribution in [0.15, 0.2) is 54.6 Å². The highest BCUT2D eigenvalue weighted by atomic mass is 19.4. The quantitative estimate of drug-likeness (QED) is 0.512. The van der Waals surface area contributed by atoms with E-state index in [0.29, 0.717) is 51.1 Å². The van der Waals surface area contributed by atoms with E-state index in [1.807, 2.05) is 35.2 Å². The number of likely N-dealkylation sites (tertiary alicyclic amines) is 1. The molecule has 0 unspecified atom stereocenters. The molecule has 2 aromatic carbocycles. The van der Waals surface area contributed by atoms with Gasteiger partial charge >= 0.3 is 18.1 Å². The zero-order valence-electron chi connectivity index (χ0n) is 21.3. The second-order valence-electron chi connectivity index (χ2n) is 10.2. The number of nitrogens with zero attached hydrogens (tertiary/aromatic N) is 3. The topological polar surface area (TPSA) is 139 Å². The lowest BCUT2D eigenvalue weighted by atomic mass is 9.83. The SMILES string of the molecule is O=C(O)C(F)(F)F.O=C(O)c1cccc(C(=O)N2CC3(CN(C(=O)Cc4ccccc4)C[C@@H]4C[C@@H](O)CN43)C2)c1. The number of hydrogen-bond donors (Lipinski definition) is 3. The monoisotopic (exact) mass is 563 g/mol. The van der Waals surface area contributed by atoms with Crippen molar-refractivity contribution in [1.82, 2.24) is 14.7 Å². The molecular formula is C27H28F3N3O7. The number of aliphatic hydroxyl groups is 1. The minimum Gasteiger partial charge on any atom is -0.478 e. The van der Waals surface area contributed by atoms with Gasteiger partial charge in [-0.1, -0.05) is 36.4 Å². The molecule has 3 aliphatic rings. The number of aliphatic hydroxyl groups excluding tert-OH is 1. The van der Waals surface area contributed by atoms with E-state index in [2.05, 4.69) is 4.90 Å². The molecule has 3 heterocycles. The number of aliphatic carboxylic acids is 1. The van der Waals surface area contributed by atoms with Crippen LogP contribution in [0.3, 0.4) is 0 Å². The summed E-state index contributed by atoms with van der Waals surface area (Å²) in [6.45, 7) is 2.53. The molecule has 1 spiro atoms. The number of carbonyl (C=O) groups excluding carboxylic acids is 2. The van der Waals surface area contributed by atoms with Gasteiger partial charge in [0, 0.05) is 44.3 Å². The molecule has 0 bridgehead atoms. The van der Waals surface area contributed by atoms with Gasteiger partial charge in [-0.15, -0.1) is 0 Å². The van der Waals surface area contributed by atoms with E-state index in [1.165, 1.54) is 12.1 Å². The molecule has 2 aromatic rings. The lowest BCUT2D eigenvalue weighted by Crippen LogP contribution is -2.79. The van der Waals surface area contributed by atoms with Crippen molar-refractivity contribution in [3.8, 4) is 0 Å². The van der Waals surface area contributed by atoms with Crippen LogP contribution >= 0.6 is 0 Å². The third kappa shape index (κ3) is 6.26. The molecule has 0 saturated carbocycles. The van der Waals surface area contributed by atoms with E-state index in [4.69, 9.17) is 9.90 Å². The highest BCUT2D eigenvalue weighted by Gasteiger charge is 2.57. The number of benzene rings is 2. The summed E-state index contributed by atoms with van der Waals surface area (Å²) in [7, 11) is 0. The fraction of sp³-hybridized carbons (Fsp3) is 0.407. The number of carboxylic acids is 2. The maximum atomic E-state index is 13.1. The second kappa shape index (κ2) is 11.3. The Labute approximate surface area is 227 Å². The van der Waals surface area contributed by atoms with E-state index >= 15 is 0 Å². The average Bonchev–Trinajstić information content (AvgIpc) is 3.27. The molecule has 0 radical (unpaired) electrons. The summed E-state index contributed by atoms with van der Waals surface area (Å²) >= 11 is 0. The Morgan fingerprint density at radius 2 is 1.48 bits per heavy atom. The predicted octanol–water partition coefficient (Wildman–Crippen LogP) is 1.73. The first-order valence-electron chi connectivity index (χ1n) is 12.5. The Hall–Kier alpha value is -3.97. The molecule has 2 amide bonds. The maximum absolute atomic E-state index is 13.1. The molecule has 0 aliphatic carbocycles. The van der Waals surface area contributed by atoms with Crippen molar-refractivity contribution in [1.29, 1.82) is 0 Å². The molecule has 10 nitrogen and oxygen atoms in total. The number of hydrogen-bond acceptors (Lipinski definition) is 6. The molecule has 40 heavy (non-hydrogen) atoms. The van der Waals surface area contributed by atoms with Crippen LogP contribution in [-0.4, -0.2) is 110 Å². The summed E-state index contributed by atoms with van der Waals surface area (Å²) in [6, 6.07) is 15.8. The summed E-state index contributed by atoms with van der Waals surface area (Å²) in [5.41, 5.74) is 1.01. The number of fused-ring (bicyclic) bond motifs is 2. The van der Waals surface area contributed by atoms with Crippen LogP contribution in [0.2, 0.25) is 0 Å². The highest BCUT2D eigenvalue weighted by molar-refractivity contribution is 5.98. The molecule has 214 valence electrons. The van der Waals surface area contributed by atoms with Gasteiger partial charge in [0.15, 0.2) is 0 Å². The molecule has 0 aromatic heterocycles. The third-order valence-corrected chi connectivity index (χ3v) is 7.33. The van der Waals surface area contributed by atoms with Crippen molar-refractivity contribution in [2.24, 2.45) is 0 Å². The van der Waals surface area contributed by atoms with Crippen molar-refractivity contribution >= 4 is 23.8 Å². The first-order valence-corrected chi connectivity index (χ1v) is 12.5. The van der Waals surface area contributed by atoms with Crippen LogP contribution in [0.25, 0.3) is 0 Å². The molecule has 5 rings (SSSR count). The van der Waals surface area contributed by atoms with E-state index in [1.54, 1.807) is 17.0 Å². The summed E-state index contributed by atoms with van der Waals surface area (Å²) in [5, 5.41) is 26.7. The number of β-amino-alcohol motifs (C(OH)–C–C–N with tert-alkyl or cyclic N) is 1. The van der Waals surface area contributed by atoms with Crippen molar-refractivity contribution in [3.05, 3.63) is 71.3 Å². The first-order chi connectivity index (χ1) is 18.8. The highest BCUT2D eigenvalue weighted by Crippen LogP contribution is 2.39. The van der Waals surface area contributed by atoms with E-state index in [9.17, 15) is 37.8 Å². The van der Waals surface area contributed by atoms with Crippen molar-refractivity contribution in [2.45, 2.75) is 36.7 Å². The molecule has 13 heteroatoms. The van der Waals surface area contributed by atoms with Gasteiger partial charge in [0.1, 0.15) is 0 Å². The van der Waals surface area contributed by atoms with E-state index in [-0.39, 0.29) is 29.0 Å². The first kappa shape index (κ1) is 29.0. The fourth-order valence-corrected chi connectivity index (χ4v) is 5.54. The van der Waals surface area contributed by atoms with Crippen molar-refractivity contribution in [3.63, 3.8) is 0 Å². The van der Waals surface area contributed by atoms with Gasteiger partial charge in [-0.3, -0.25) is 14.5 Å². The Balaban J connectivity index is 0.000000470. The normalized spacial score (nSPS) is 21.6. The fourth-order valence-electron chi connectivity index (χ4n) is 5.54. The van der Waals surface area contributed by atoms with Crippen LogP contribution in [0.1, 0.15) is 32.7 Å². The van der Waals surface area contributed by atoms with Gasteiger partial charge in [0.2, 0.25) is 5.91 Å². The number of alkyl halides is 3. The van der Waals surface area contributed by atoms with Crippen molar-refractivity contribution < 1.29 is 47.7 Å². The standard InChI is InChI=1S/C25H27N3O5.C2HF3O2/c29-21-11-20-12-26(22(30)9-17-5-2-1-3-6-17)14-25(28(20)13-21)15-27(16-25)23(31)18-7-4-8-19(10-18)24(32)33;3-2(4,5)1(6)7/h1-8,10,20-21,29H,9,11-16H2,(H,32,33);(H,6,7)/t20-,21+;/m0./s1. The zero-order valence-corrected chi connectivity index (χ0v) is 21.3. The molecule has 3 saturated heterocycles. The smallest absolute Gasteiger partial charge is 0.478 e. The van der Waals surface area contributed by atoms with Gasteiger partial charge in [-0.2, -0.15) is 13.2 Å². The summed E-state index contributed by atoms with van der Waals surface area (Å²) in [6.07, 6.45) is -4.57. The van der Waals surface area contributed by atoms with E-state index < -0.39 is 24.2 Å². The van der Waals surface area contributed by atoms with E-state index in [0.717, 1.165) is 5.56 Å². The van der Waals surface area contributed by atoms with Crippen LogP contribution in [0.4, 0.5) is 13.2 Å². The Morgan fingerprint density at radius 1 is 0.875 bits per heavy atom.